The topological polar surface area (TPSA) is 67.2 Å². The van der Waals surface area contributed by atoms with E-state index in [4.69, 9.17) is 17.4 Å². The van der Waals surface area contributed by atoms with Crippen LogP contribution in [0.25, 0.3) is 0 Å². The van der Waals surface area contributed by atoms with E-state index in [1.54, 1.807) is 18.2 Å². The Morgan fingerprint density at radius 2 is 2.29 bits per heavy atom. The highest BCUT2D eigenvalue weighted by Crippen LogP contribution is 2.22. The molecule has 5 heteroatoms. The molecular formula is C9H12ClN3O. The molecule has 0 aliphatic heterocycles. The van der Waals surface area contributed by atoms with Gasteiger partial charge in [0.2, 0.25) is 5.91 Å². The molecule has 4 nitrogen and oxygen atoms in total. The van der Waals surface area contributed by atoms with Gasteiger partial charge in [-0.1, -0.05) is 17.7 Å². The lowest BCUT2D eigenvalue weighted by atomic mass is 10.2. The summed E-state index contributed by atoms with van der Waals surface area (Å²) in [6.07, 6.45) is 0. The molecule has 1 aromatic rings. The quantitative estimate of drug-likeness (QED) is 0.520. The van der Waals surface area contributed by atoms with Gasteiger partial charge in [0.1, 0.15) is 0 Å². The van der Waals surface area contributed by atoms with Crippen LogP contribution in [0.1, 0.15) is 5.56 Å². The van der Waals surface area contributed by atoms with Crippen molar-refractivity contribution in [3.63, 3.8) is 0 Å². The fraction of sp³-hybridized carbons (Fsp3) is 0.222. The third-order valence-electron chi connectivity index (χ3n) is 1.80. The maximum Gasteiger partial charge on any atom is 0.239 e. The largest absolute Gasteiger partial charge is 0.325 e. The lowest BCUT2D eigenvalue weighted by Crippen LogP contribution is -2.32. The zero-order valence-corrected chi connectivity index (χ0v) is 8.56. The number of benzene rings is 1. The molecule has 0 saturated carbocycles. The van der Waals surface area contributed by atoms with Crippen molar-refractivity contribution in [1.82, 2.24) is 5.43 Å². The van der Waals surface area contributed by atoms with Gasteiger partial charge in [-0.25, -0.2) is 0 Å². The number of nitrogens with two attached hydrogens (primary N) is 1. The first kappa shape index (κ1) is 11.0. The van der Waals surface area contributed by atoms with Gasteiger partial charge in [-0.15, -0.1) is 0 Å². The Morgan fingerprint density at radius 1 is 1.57 bits per heavy atom. The second-order valence-corrected chi connectivity index (χ2v) is 3.25. The smallest absolute Gasteiger partial charge is 0.239 e. The fourth-order valence-corrected chi connectivity index (χ4v) is 1.20. The fourth-order valence-electron chi connectivity index (χ4n) is 1.03. The second kappa shape index (κ2) is 4.95. The number of rotatable bonds is 3. The number of carbonyl (C=O) groups is 1. The number of hydrogen-bond donors (Lipinski definition) is 3. The number of hydrogen-bond acceptors (Lipinski definition) is 3. The molecule has 0 atom stereocenters. The van der Waals surface area contributed by atoms with Crippen LogP contribution in [-0.2, 0) is 4.79 Å². The van der Waals surface area contributed by atoms with Crippen LogP contribution in [0.5, 0.6) is 0 Å². The minimum absolute atomic E-state index is 0.0754. The van der Waals surface area contributed by atoms with Crippen molar-refractivity contribution < 1.29 is 4.79 Å². The minimum Gasteiger partial charge on any atom is -0.325 e. The Hall–Kier alpha value is -1.10. The SMILES string of the molecule is Cc1c(Cl)cccc1NC(=O)CNN. The third kappa shape index (κ3) is 2.70. The van der Waals surface area contributed by atoms with E-state index in [1.165, 1.54) is 0 Å². The Balaban J connectivity index is 2.76. The van der Waals surface area contributed by atoms with E-state index in [0.29, 0.717) is 10.7 Å². The zero-order chi connectivity index (χ0) is 10.6. The van der Waals surface area contributed by atoms with Crippen LogP contribution < -0.4 is 16.6 Å². The summed E-state index contributed by atoms with van der Waals surface area (Å²) in [4.78, 5) is 11.2. The molecule has 1 amide bonds. The van der Waals surface area contributed by atoms with Crippen molar-refractivity contribution in [3.05, 3.63) is 28.8 Å². The van der Waals surface area contributed by atoms with Crippen LogP contribution in [0.15, 0.2) is 18.2 Å². The highest BCUT2D eigenvalue weighted by atomic mass is 35.5. The summed E-state index contributed by atoms with van der Waals surface area (Å²) < 4.78 is 0. The predicted octanol–water partition coefficient (Wildman–Crippen LogP) is 1.05. The summed E-state index contributed by atoms with van der Waals surface area (Å²) in [7, 11) is 0. The molecule has 0 heterocycles. The molecule has 0 aromatic heterocycles. The molecule has 1 rings (SSSR count). The number of nitrogens with one attached hydrogen (secondary N) is 2. The Labute approximate surface area is 87.4 Å². The predicted molar refractivity (Wildman–Crippen MR) is 57.0 cm³/mol. The molecule has 0 bridgehead atoms. The van der Waals surface area contributed by atoms with Crippen LogP contribution in [0.4, 0.5) is 5.69 Å². The van der Waals surface area contributed by atoms with Crippen LogP contribution >= 0.6 is 11.6 Å². The van der Waals surface area contributed by atoms with Gasteiger partial charge < -0.3 is 5.32 Å². The summed E-state index contributed by atoms with van der Waals surface area (Å²) in [6.45, 7) is 1.92. The molecule has 0 saturated heterocycles. The lowest BCUT2D eigenvalue weighted by molar-refractivity contribution is -0.115. The number of hydrazine groups is 1. The van der Waals surface area contributed by atoms with Crippen molar-refractivity contribution in [1.29, 1.82) is 0 Å². The van der Waals surface area contributed by atoms with Gasteiger partial charge in [0.05, 0.1) is 6.54 Å². The first-order chi connectivity index (χ1) is 6.65. The number of halogens is 1. The molecule has 0 radical (unpaired) electrons. The average Bonchev–Trinajstić information content (AvgIpc) is 2.13. The van der Waals surface area contributed by atoms with E-state index >= 15 is 0 Å². The van der Waals surface area contributed by atoms with Crippen molar-refractivity contribution in [2.75, 3.05) is 11.9 Å². The number of carbonyl (C=O) groups excluding carboxylic acids is 1. The van der Waals surface area contributed by atoms with Gasteiger partial charge in [0.15, 0.2) is 0 Å². The van der Waals surface area contributed by atoms with Crippen molar-refractivity contribution in [3.8, 4) is 0 Å². The molecule has 14 heavy (non-hydrogen) atoms. The van der Waals surface area contributed by atoms with Gasteiger partial charge in [0.25, 0.3) is 0 Å². The Morgan fingerprint density at radius 3 is 2.93 bits per heavy atom. The standard InChI is InChI=1S/C9H12ClN3O/c1-6-7(10)3-2-4-8(6)13-9(14)5-12-11/h2-4,12H,5,11H2,1H3,(H,13,14). The maximum atomic E-state index is 11.2. The molecule has 0 unspecified atom stereocenters. The van der Waals surface area contributed by atoms with E-state index < -0.39 is 0 Å². The lowest BCUT2D eigenvalue weighted by Gasteiger charge is -2.08. The van der Waals surface area contributed by atoms with Gasteiger partial charge in [-0.05, 0) is 24.6 Å². The molecule has 0 fully saturated rings. The van der Waals surface area contributed by atoms with E-state index in [9.17, 15) is 4.79 Å². The molecule has 76 valence electrons. The average molecular weight is 214 g/mol. The maximum absolute atomic E-state index is 11.2. The zero-order valence-electron chi connectivity index (χ0n) is 7.80. The van der Waals surface area contributed by atoms with Crippen LogP contribution in [0, 0.1) is 6.92 Å². The molecule has 0 aliphatic rings. The van der Waals surface area contributed by atoms with E-state index in [0.717, 1.165) is 5.56 Å². The summed E-state index contributed by atoms with van der Waals surface area (Å²) in [5.41, 5.74) is 3.83. The number of anilines is 1. The van der Waals surface area contributed by atoms with Gasteiger partial charge in [-0.2, -0.15) is 0 Å². The third-order valence-corrected chi connectivity index (χ3v) is 2.21. The first-order valence-electron chi connectivity index (χ1n) is 4.13. The monoisotopic (exact) mass is 213 g/mol. The Kier molecular flexibility index (Phi) is 3.88. The van der Waals surface area contributed by atoms with Gasteiger partial charge >= 0.3 is 0 Å². The minimum atomic E-state index is -0.196. The molecule has 0 aliphatic carbocycles. The van der Waals surface area contributed by atoms with Crippen molar-refractivity contribution >= 4 is 23.2 Å². The Bertz CT molecular complexity index is 341. The highest BCUT2D eigenvalue weighted by molar-refractivity contribution is 6.31. The molecule has 4 N–H and O–H groups in total. The van der Waals surface area contributed by atoms with Crippen LogP contribution in [0.3, 0.4) is 0 Å². The second-order valence-electron chi connectivity index (χ2n) is 2.84. The molecule has 0 spiro atoms. The summed E-state index contributed by atoms with van der Waals surface area (Å²) in [5, 5.41) is 3.31. The summed E-state index contributed by atoms with van der Waals surface area (Å²) in [6, 6.07) is 5.34. The van der Waals surface area contributed by atoms with Gasteiger partial charge in [-0.3, -0.25) is 16.1 Å². The van der Waals surface area contributed by atoms with Crippen LogP contribution in [-0.4, -0.2) is 12.5 Å². The van der Waals surface area contributed by atoms with Crippen molar-refractivity contribution in [2.24, 2.45) is 5.84 Å². The van der Waals surface area contributed by atoms with Crippen molar-refractivity contribution in [2.45, 2.75) is 6.92 Å². The summed E-state index contributed by atoms with van der Waals surface area (Å²) in [5.74, 6) is 4.82. The highest BCUT2D eigenvalue weighted by Gasteiger charge is 2.05. The molecule has 1 aromatic carbocycles. The first-order valence-corrected chi connectivity index (χ1v) is 4.51. The van der Waals surface area contributed by atoms with E-state index in [-0.39, 0.29) is 12.5 Å². The number of amides is 1. The summed E-state index contributed by atoms with van der Waals surface area (Å²) >= 11 is 5.88. The normalized spacial score (nSPS) is 9.93. The van der Waals surface area contributed by atoms with Crippen LogP contribution in [0.2, 0.25) is 5.02 Å². The van der Waals surface area contributed by atoms with Gasteiger partial charge in [0, 0.05) is 10.7 Å². The van der Waals surface area contributed by atoms with E-state index in [2.05, 4.69) is 10.7 Å². The molecular weight excluding hydrogens is 202 g/mol. The van der Waals surface area contributed by atoms with E-state index in [1.807, 2.05) is 6.92 Å².